The molecule has 1 aromatic rings. The Morgan fingerprint density at radius 3 is 2.63 bits per heavy atom. The Labute approximate surface area is 161 Å². The van der Waals surface area contributed by atoms with Crippen molar-refractivity contribution in [1.29, 1.82) is 5.26 Å². The standard InChI is InChI=1S/C21H30FN5/c1-24-21(25-15-17-13-16(14-23)7-8-20(17)22)26-18-9-11-27(12-10-18)19-5-3-2-4-6-19/h7-8,13,18-19H,2-6,9-12,15H2,1H3,(H2,24,25,26). The van der Waals surface area contributed by atoms with Crippen LogP contribution in [0.3, 0.4) is 0 Å². The molecule has 5 nitrogen and oxygen atoms in total. The molecular formula is C21H30FN5. The van der Waals surface area contributed by atoms with Crippen molar-refractivity contribution in [2.45, 2.75) is 63.6 Å². The monoisotopic (exact) mass is 371 g/mol. The third-order valence-corrected chi connectivity index (χ3v) is 5.81. The third-order valence-electron chi connectivity index (χ3n) is 5.81. The molecule has 0 atom stereocenters. The van der Waals surface area contributed by atoms with Gasteiger partial charge in [-0.05, 0) is 43.9 Å². The molecule has 1 saturated heterocycles. The topological polar surface area (TPSA) is 63.5 Å². The highest BCUT2D eigenvalue weighted by Gasteiger charge is 2.26. The van der Waals surface area contributed by atoms with Gasteiger partial charge in [0.25, 0.3) is 0 Å². The molecule has 1 heterocycles. The predicted molar refractivity (Wildman–Crippen MR) is 106 cm³/mol. The number of nitrogens with one attached hydrogen (secondary N) is 2. The molecule has 0 aromatic heterocycles. The van der Waals surface area contributed by atoms with Crippen LogP contribution in [0.2, 0.25) is 0 Å². The summed E-state index contributed by atoms with van der Waals surface area (Å²) in [5, 5.41) is 15.6. The Morgan fingerprint density at radius 1 is 1.22 bits per heavy atom. The molecule has 1 aromatic carbocycles. The van der Waals surface area contributed by atoms with Gasteiger partial charge in [0.1, 0.15) is 5.82 Å². The Morgan fingerprint density at radius 2 is 1.96 bits per heavy atom. The maximum Gasteiger partial charge on any atom is 0.191 e. The predicted octanol–water partition coefficient (Wildman–Crippen LogP) is 3.16. The zero-order valence-corrected chi connectivity index (χ0v) is 16.2. The summed E-state index contributed by atoms with van der Waals surface area (Å²) in [6.07, 6.45) is 9.08. The van der Waals surface area contributed by atoms with E-state index in [-0.39, 0.29) is 5.82 Å². The molecule has 3 rings (SSSR count). The fourth-order valence-corrected chi connectivity index (χ4v) is 4.20. The van der Waals surface area contributed by atoms with E-state index in [1.165, 1.54) is 44.2 Å². The molecule has 27 heavy (non-hydrogen) atoms. The molecule has 0 amide bonds. The van der Waals surface area contributed by atoms with E-state index in [2.05, 4.69) is 20.5 Å². The van der Waals surface area contributed by atoms with Crippen LogP contribution in [0, 0.1) is 17.1 Å². The minimum atomic E-state index is -0.308. The summed E-state index contributed by atoms with van der Waals surface area (Å²) in [5.41, 5.74) is 0.940. The van der Waals surface area contributed by atoms with Gasteiger partial charge in [-0.2, -0.15) is 5.26 Å². The van der Waals surface area contributed by atoms with Gasteiger partial charge in [-0.1, -0.05) is 19.3 Å². The van der Waals surface area contributed by atoms with Gasteiger partial charge in [-0.25, -0.2) is 4.39 Å². The van der Waals surface area contributed by atoms with E-state index in [4.69, 9.17) is 5.26 Å². The van der Waals surface area contributed by atoms with Crippen LogP contribution in [0.15, 0.2) is 23.2 Å². The molecule has 2 aliphatic rings. The van der Waals surface area contributed by atoms with Crippen LogP contribution in [-0.4, -0.2) is 43.1 Å². The number of nitrogens with zero attached hydrogens (tertiary/aromatic N) is 3. The largest absolute Gasteiger partial charge is 0.354 e. The number of nitriles is 1. The molecule has 2 fully saturated rings. The highest BCUT2D eigenvalue weighted by Crippen LogP contribution is 2.25. The zero-order valence-electron chi connectivity index (χ0n) is 16.2. The van der Waals surface area contributed by atoms with Crippen LogP contribution in [-0.2, 0) is 6.54 Å². The highest BCUT2D eigenvalue weighted by atomic mass is 19.1. The van der Waals surface area contributed by atoms with E-state index in [1.54, 1.807) is 13.1 Å². The van der Waals surface area contributed by atoms with Gasteiger partial charge < -0.3 is 15.5 Å². The summed E-state index contributed by atoms with van der Waals surface area (Å²) < 4.78 is 13.9. The van der Waals surface area contributed by atoms with E-state index in [0.717, 1.165) is 32.0 Å². The lowest BCUT2D eigenvalue weighted by Gasteiger charge is -2.39. The van der Waals surface area contributed by atoms with E-state index in [1.807, 2.05) is 6.07 Å². The van der Waals surface area contributed by atoms with E-state index in [9.17, 15) is 4.39 Å². The first-order valence-electron chi connectivity index (χ1n) is 10.1. The van der Waals surface area contributed by atoms with E-state index < -0.39 is 0 Å². The Hall–Kier alpha value is -2.13. The van der Waals surface area contributed by atoms with Crippen LogP contribution < -0.4 is 10.6 Å². The van der Waals surface area contributed by atoms with Crippen molar-refractivity contribution in [3.8, 4) is 6.07 Å². The lowest BCUT2D eigenvalue weighted by atomic mass is 9.92. The summed E-state index contributed by atoms with van der Waals surface area (Å²) >= 11 is 0. The zero-order chi connectivity index (χ0) is 19.1. The van der Waals surface area contributed by atoms with Crippen molar-refractivity contribution in [3.05, 3.63) is 35.1 Å². The average Bonchev–Trinajstić information content (AvgIpc) is 2.73. The van der Waals surface area contributed by atoms with Crippen LogP contribution in [0.1, 0.15) is 56.1 Å². The van der Waals surface area contributed by atoms with Crippen LogP contribution in [0.25, 0.3) is 0 Å². The molecule has 0 unspecified atom stereocenters. The molecule has 146 valence electrons. The smallest absolute Gasteiger partial charge is 0.191 e. The van der Waals surface area contributed by atoms with Gasteiger partial charge >= 0.3 is 0 Å². The van der Waals surface area contributed by atoms with Gasteiger partial charge in [-0.3, -0.25) is 4.99 Å². The van der Waals surface area contributed by atoms with Crippen LogP contribution >= 0.6 is 0 Å². The summed E-state index contributed by atoms with van der Waals surface area (Å²) in [7, 11) is 1.73. The third kappa shape index (κ3) is 5.43. The molecule has 1 aliphatic carbocycles. The number of likely N-dealkylation sites (tertiary alicyclic amines) is 1. The van der Waals surface area contributed by atoms with Crippen molar-refractivity contribution in [3.63, 3.8) is 0 Å². The molecule has 6 heteroatoms. The quantitative estimate of drug-likeness (QED) is 0.630. The second kappa shape index (κ2) is 9.70. The molecule has 0 spiro atoms. The second-order valence-corrected chi connectivity index (χ2v) is 7.59. The van der Waals surface area contributed by atoms with Gasteiger partial charge in [0.05, 0.1) is 11.6 Å². The number of rotatable bonds is 4. The van der Waals surface area contributed by atoms with Crippen molar-refractivity contribution >= 4 is 5.96 Å². The van der Waals surface area contributed by atoms with Crippen molar-refractivity contribution < 1.29 is 4.39 Å². The van der Waals surface area contributed by atoms with Crippen molar-refractivity contribution in [1.82, 2.24) is 15.5 Å². The van der Waals surface area contributed by atoms with Crippen molar-refractivity contribution in [2.24, 2.45) is 4.99 Å². The lowest BCUT2D eigenvalue weighted by molar-refractivity contribution is 0.119. The van der Waals surface area contributed by atoms with E-state index in [0.29, 0.717) is 29.7 Å². The minimum Gasteiger partial charge on any atom is -0.354 e. The van der Waals surface area contributed by atoms with Crippen LogP contribution in [0.5, 0.6) is 0 Å². The fourth-order valence-electron chi connectivity index (χ4n) is 4.20. The number of guanidine groups is 1. The maximum absolute atomic E-state index is 13.9. The number of benzene rings is 1. The lowest BCUT2D eigenvalue weighted by Crippen LogP contribution is -2.50. The number of piperidine rings is 1. The van der Waals surface area contributed by atoms with E-state index >= 15 is 0 Å². The van der Waals surface area contributed by atoms with Gasteiger partial charge in [0.15, 0.2) is 5.96 Å². The molecule has 1 aliphatic heterocycles. The van der Waals surface area contributed by atoms with Crippen LogP contribution in [0.4, 0.5) is 4.39 Å². The molecular weight excluding hydrogens is 341 g/mol. The first kappa shape index (κ1) is 19.6. The fraction of sp³-hybridized carbons (Fsp3) is 0.619. The summed E-state index contributed by atoms with van der Waals surface area (Å²) in [6.45, 7) is 2.58. The highest BCUT2D eigenvalue weighted by molar-refractivity contribution is 5.80. The molecule has 2 N–H and O–H groups in total. The number of hydrogen-bond acceptors (Lipinski definition) is 3. The number of aliphatic imine (C=N–C) groups is 1. The molecule has 1 saturated carbocycles. The molecule has 0 radical (unpaired) electrons. The first-order chi connectivity index (χ1) is 13.2. The Balaban J connectivity index is 1.46. The van der Waals surface area contributed by atoms with Gasteiger partial charge in [0, 0.05) is 44.3 Å². The number of halogens is 1. The first-order valence-corrected chi connectivity index (χ1v) is 10.1. The van der Waals surface area contributed by atoms with Crippen molar-refractivity contribution in [2.75, 3.05) is 20.1 Å². The SMILES string of the molecule is CN=C(NCc1cc(C#N)ccc1F)NC1CCN(C2CCCCC2)CC1. The normalized spacial score (nSPS) is 20.3. The Kier molecular flexibility index (Phi) is 7.05. The maximum atomic E-state index is 13.9. The minimum absolute atomic E-state index is 0.307. The van der Waals surface area contributed by atoms with Gasteiger partial charge in [0.2, 0.25) is 0 Å². The average molecular weight is 372 g/mol. The number of hydrogen-bond donors (Lipinski definition) is 2. The molecule has 0 bridgehead atoms. The second-order valence-electron chi connectivity index (χ2n) is 7.59. The Bertz CT molecular complexity index is 682. The summed E-state index contributed by atoms with van der Waals surface area (Å²) in [4.78, 5) is 6.93. The van der Waals surface area contributed by atoms with Gasteiger partial charge in [-0.15, -0.1) is 0 Å². The summed E-state index contributed by atoms with van der Waals surface area (Å²) in [6, 6.07) is 7.64. The summed E-state index contributed by atoms with van der Waals surface area (Å²) in [5.74, 6) is 0.380.